The van der Waals surface area contributed by atoms with Gasteiger partial charge < -0.3 is 11.1 Å². The van der Waals surface area contributed by atoms with Crippen molar-refractivity contribution in [1.29, 1.82) is 0 Å². The highest BCUT2D eigenvalue weighted by Crippen LogP contribution is 2.20. The van der Waals surface area contributed by atoms with Crippen molar-refractivity contribution in [1.82, 2.24) is 0 Å². The molecule has 0 aromatic heterocycles. The van der Waals surface area contributed by atoms with Crippen LogP contribution < -0.4 is 11.1 Å². The maximum Gasteiger partial charge on any atom is 0.239 e. The van der Waals surface area contributed by atoms with Crippen molar-refractivity contribution in [3.8, 4) is 0 Å². The van der Waals surface area contributed by atoms with Gasteiger partial charge in [0.25, 0.3) is 0 Å². The van der Waals surface area contributed by atoms with Gasteiger partial charge in [0.05, 0.1) is 4.47 Å². The highest BCUT2D eigenvalue weighted by Gasteiger charge is 2.12. The predicted octanol–water partition coefficient (Wildman–Crippen LogP) is 2.26. The first-order chi connectivity index (χ1) is 7.04. The van der Waals surface area contributed by atoms with Crippen LogP contribution in [-0.2, 0) is 4.79 Å². The Morgan fingerprint density at radius 1 is 1.67 bits per heavy atom. The normalized spacial score (nSPS) is 12.2. The molecule has 5 heteroatoms. The van der Waals surface area contributed by atoms with E-state index in [0.717, 1.165) is 0 Å². The first-order valence-electron chi connectivity index (χ1n) is 4.55. The molecule has 3 N–H and O–H groups in total. The Hall–Kier alpha value is -1.10. The van der Waals surface area contributed by atoms with E-state index in [1.54, 1.807) is 12.1 Å². The van der Waals surface area contributed by atoms with Gasteiger partial charge in [0, 0.05) is 5.69 Å². The molecule has 1 aromatic rings. The summed E-state index contributed by atoms with van der Waals surface area (Å²) in [6.07, 6.45) is 0.563. The second-order valence-corrected chi connectivity index (χ2v) is 3.99. The van der Waals surface area contributed by atoms with Crippen LogP contribution >= 0.6 is 15.9 Å². The highest BCUT2D eigenvalue weighted by molar-refractivity contribution is 9.10. The number of nitrogens with two attached hydrogens (primary N) is 1. The summed E-state index contributed by atoms with van der Waals surface area (Å²) in [5, 5.41) is 2.86. The van der Waals surface area contributed by atoms with Gasteiger partial charge in [0.1, 0.15) is 11.9 Å². The standard InChI is InChI=1S/C10H12BrFN2O/c1-2-9(10(13)15)14-6-3-4-7(11)8(12)5-6/h3-5,9,14H,2H2,1H3,(H2,13,15). The third-order valence-electron chi connectivity index (χ3n) is 2.01. The monoisotopic (exact) mass is 274 g/mol. The summed E-state index contributed by atoms with van der Waals surface area (Å²) in [4.78, 5) is 10.9. The maximum absolute atomic E-state index is 13.1. The van der Waals surface area contributed by atoms with Crippen LogP contribution in [0.15, 0.2) is 22.7 Å². The summed E-state index contributed by atoms with van der Waals surface area (Å²) >= 11 is 3.05. The Bertz CT molecular complexity index is 370. The highest BCUT2D eigenvalue weighted by atomic mass is 79.9. The van der Waals surface area contributed by atoms with E-state index in [1.807, 2.05) is 6.92 Å². The van der Waals surface area contributed by atoms with Crippen LogP contribution in [0.2, 0.25) is 0 Å². The lowest BCUT2D eigenvalue weighted by molar-refractivity contribution is -0.118. The molecule has 15 heavy (non-hydrogen) atoms. The number of carbonyl (C=O) groups excluding carboxylic acids is 1. The van der Waals surface area contributed by atoms with Gasteiger partial charge in [-0.05, 0) is 40.5 Å². The van der Waals surface area contributed by atoms with Crippen LogP contribution in [0, 0.1) is 5.82 Å². The molecule has 0 bridgehead atoms. The van der Waals surface area contributed by atoms with Crippen molar-refractivity contribution in [2.24, 2.45) is 5.73 Å². The molecular formula is C10H12BrFN2O. The number of hydrogen-bond donors (Lipinski definition) is 2. The van der Waals surface area contributed by atoms with E-state index in [-0.39, 0.29) is 5.82 Å². The predicted molar refractivity (Wildman–Crippen MR) is 61.0 cm³/mol. The van der Waals surface area contributed by atoms with Gasteiger partial charge in [-0.3, -0.25) is 4.79 Å². The lowest BCUT2D eigenvalue weighted by atomic mass is 10.2. The van der Waals surface area contributed by atoms with Gasteiger partial charge in [-0.1, -0.05) is 6.92 Å². The molecule has 0 spiro atoms. The fraction of sp³-hybridized carbons (Fsp3) is 0.300. The summed E-state index contributed by atoms with van der Waals surface area (Å²) in [5.41, 5.74) is 5.70. The van der Waals surface area contributed by atoms with E-state index < -0.39 is 11.9 Å². The molecule has 1 atom stereocenters. The first-order valence-corrected chi connectivity index (χ1v) is 5.34. The first kappa shape index (κ1) is 12.0. The van der Waals surface area contributed by atoms with E-state index in [9.17, 15) is 9.18 Å². The molecule has 0 aliphatic rings. The molecule has 0 aliphatic carbocycles. The zero-order valence-corrected chi connectivity index (χ0v) is 9.84. The van der Waals surface area contributed by atoms with Crippen LogP contribution in [0.25, 0.3) is 0 Å². The summed E-state index contributed by atoms with van der Waals surface area (Å²) in [7, 11) is 0. The molecule has 0 fully saturated rings. The van der Waals surface area contributed by atoms with Crippen molar-refractivity contribution in [3.63, 3.8) is 0 Å². The number of primary amides is 1. The van der Waals surface area contributed by atoms with Crippen molar-refractivity contribution in [2.75, 3.05) is 5.32 Å². The molecule has 1 amide bonds. The quantitative estimate of drug-likeness (QED) is 0.885. The Morgan fingerprint density at radius 3 is 2.80 bits per heavy atom. The van der Waals surface area contributed by atoms with Crippen LogP contribution in [0.3, 0.4) is 0 Å². The Balaban J connectivity index is 2.80. The molecule has 1 aromatic carbocycles. The molecular weight excluding hydrogens is 263 g/mol. The summed E-state index contributed by atoms with van der Waals surface area (Å²) in [6.45, 7) is 1.83. The zero-order valence-electron chi connectivity index (χ0n) is 8.26. The zero-order chi connectivity index (χ0) is 11.4. The number of rotatable bonds is 4. The average molecular weight is 275 g/mol. The van der Waals surface area contributed by atoms with E-state index >= 15 is 0 Å². The lowest BCUT2D eigenvalue weighted by Crippen LogP contribution is -2.34. The molecule has 0 aliphatic heterocycles. The van der Waals surface area contributed by atoms with Gasteiger partial charge in [0.15, 0.2) is 0 Å². The van der Waals surface area contributed by atoms with Gasteiger partial charge >= 0.3 is 0 Å². The molecule has 0 saturated carbocycles. The minimum atomic E-state index is -0.467. The lowest BCUT2D eigenvalue weighted by Gasteiger charge is -2.14. The summed E-state index contributed by atoms with van der Waals surface area (Å²) in [5.74, 6) is -0.819. The Labute approximate surface area is 96.0 Å². The fourth-order valence-corrected chi connectivity index (χ4v) is 1.41. The molecule has 82 valence electrons. The number of benzene rings is 1. The van der Waals surface area contributed by atoms with Gasteiger partial charge in [-0.2, -0.15) is 0 Å². The smallest absolute Gasteiger partial charge is 0.239 e. The fourth-order valence-electron chi connectivity index (χ4n) is 1.16. The maximum atomic E-state index is 13.1. The largest absolute Gasteiger partial charge is 0.374 e. The summed E-state index contributed by atoms with van der Waals surface area (Å²) in [6, 6.07) is 4.10. The Morgan fingerprint density at radius 2 is 2.33 bits per heavy atom. The average Bonchev–Trinajstić information content (AvgIpc) is 2.19. The minimum absolute atomic E-state index is 0.376. The second kappa shape index (κ2) is 5.11. The number of carbonyl (C=O) groups is 1. The van der Waals surface area contributed by atoms with Crippen molar-refractivity contribution in [2.45, 2.75) is 19.4 Å². The van der Waals surface area contributed by atoms with E-state index in [2.05, 4.69) is 21.2 Å². The summed E-state index contributed by atoms with van der Waals surface area (Å²) < 4.78 is 13.5. The molecule has 0 heterocycles. The van der Waals surface area contributed by atoms with E-state index in [1.165, 1.54) is 6.07 Å². The number of hydrogen-bond acceptors (Lipinski definition) is 2. The van der Waals surface area contributed by atoms with E-state index in [0.29, 0.717) is 16.6 Å². The number of amides is 1. The van der Waals surface area contributed by atoms with Crippen LogP contribution in [0.5, 0.6) is 0 Å². The Kier molecular flexibility index (Phi) is 4.08. The molecule has 1 rings (SSSR count). The number of nitrogens with one attached hydrogen (secondary N) is 1. The number of halogens is 2. The topological polar surface area (TPSA) is 55.1 Å². The molecule has 3 nitrogen and oxygen atoms in total. The van der Waals surface area contributed by atoms with Crippen LogP contribution in [-0.4, -0.2) is 11.9 Å². The second-order valence-electron chi connectivity index (χ2n) is 3.14. The third kappa shape index (κ3) is 3.20. The van der Waals surface area contributed by atoms with Crippen LogP contribution in [0.4, 0.5) is 10.1 Å². The van der Waals surface area contributed by atoms with Gasteiger partial charge in [0.2, 0.25) is 5.91 Å². The van der Waals surface area contributed by atoms with Crippen molar-refractivity contribution in [3.05, 3.63) is 28.5 Å². The van der Waals surface area contributed by atoms with Crippen LogP contribution in [0.1, 0.15) is 13.3 Å². The minimum Gasteiger partial charge on any atom is -0.374 e. The third-order valence-corrected chi connectivity index (χ3v) is 2.66. The molecule has 0 saturated heterocycles. The molecule has 1 unspecified atom stereocenters. The van der Waals surface area contributed by atoms with Crippen molar-refractivity contribution >= 4 is 27.5 Å². The van der Waals surface area contributed by atoms with Crippen molar-refractivity contribution < 1.29 is 9.18 Å². The number of anilines is 1. The molecule has 0 radical (unpaired) electrons. The van der Waals surface area contributed by atoms with Gasteiger partial charge in [-0.15, -0.1) is 0 Å². The van der Waals surface area contributed by atoms with Gasteiger partial charge in [-0.25, -0.2) is 4.39 Å². The SMILES string of the molecule is CCC(Nc1ccc(Br)c(F)c1)C(N)=O. The van der Waals surface area contributed by atoms with E-state index in [4.69, 9.17) is 5.73 Å².